The predicted molar refractivity (Wildman–Crippen MR) is 113 cm³/mol. The number of halogens is 1. The van der Waals surface area contributed by atoms with Gasteiger partial charge in [0.15, 0.2) is 0 Å². The molecule has 1 aromatic heterocycles. The largest absolute Gasteiger partial charge is 0.392 e. The first-order valence-electron chi connectivity index (χ1n) is 10.5. The Labute approximate surface area is 173 Å². The zero-order valence-corrected chi connectivity index (χ0v) is 17.6. The Bertz CT molecular complexity index is 619. The van der Waals surface area contributed by atoms with Crippen molar-refractivity contribution in [3.05, 3.63) is 29.6 Å². The summed E-state index contributed by atoms with van der Waals surface area (Å²) in [5.74, 6) is 0.528. The van der Waals surface area contributed by atoms with E-state index in [2.05, 4.69) is 26.4 Å². The van der Waals surface area contributed by atoms with Gasteiger partial charge in [0.25, 0.3) is 0 Å². The summed E-state index contributed by atoms with van der Waals surface area (Å²) >= 11 is 6.50. The van der Waals surface area contributed by atoms with Crippen molar-refractivity contribution in [2.24, 2.45) is 17.0 Å². The number of hydrogen-bond donors (Lipinski definition) is 2. The van der Waals surface area contributed by atoms with Gasteiger partial charge >= 0.3 is 0 Å². The Morgan fingerprint density at radius 2 is 2.21 bits per heavy atom. The Morgan fingerprint density at radius 3 is 2.96 bits per heavy atom. The van der Waals surface area contributed by atoms with Crippen LogP contribution in [-0.2, 0) is 11.3 Å². The topological polar surface area (TPSA) is 70.0 Å². The highest BCUT2D eigenvalue weighted by Gasteiger charge is 2.29. The lowest BCUT2D eigenvalue weighted by Crippen LogP contribution is -2.40. The number of hydrogen-bond acceptors (Lipinski definition) is 6. The third-order valence-corrected chi connectivity index (χ3v) is 6.09. The summed E-state index contributed by atoms with van der Waals surface area (Å²) in [4.78, 5) is 12.1. The van der Waals surface area contributed by atoms with Crippen LogP contribution in [0, 0.1) is 18.8 Å². The van der Waals surface area contributed by atoms with Gasteiger partial charge in [-0.3, -0.25) is 4.98 Å². The molecule has 0 aliphatic carbocycles. The summed E-state index contributed by atoms with van der Waals surface area (Å²) in [6.45, 7) is 6.72. The molecule has 2 saturated heterocycles. The van der Waals surface area contributed by atoms with Crippen LogP contribution in [0.1, 0.15) is 36.9 Å². The van der Waals surface area contributed by atoms with Crippen molar-refractivity contribution >= 4 is 16.8 Å². The molecule has 0 aromatic carbocycles. The lowest BCUT2D eigenvalue weighted by Gasteiger charge is -2.31. The summed E-state index contributed by atoms with van der Waals surface area (Å²) in [5.41, 5.74) is 2.26. The van der Waals surface area contributed by atoms with Gasteiger partial charge in [0, 0.05) is 30.9 Å². The number of rotatable bonds is 8. The second-order valence-corrected chi connectivity index (χ2v) is 8.48. The normalized spacial score (nSPS) is 25.5. The van der Waals surface area contributed by atoms with Crippen LogP contribution in [0.2, 0.25) is 0 Å². The summed E-state index contributed by atoms with van der Waals surface area (Å²) < 4.78 is 0. The van der Waals surface area contributed by atoms with E-state index in [4.69, 9.17) is 16.4 Å². The maximum atomic E-state index is 10.2. The SMILES string of the molecule is Cc1ccc(CC2CCNCC2/C(Cl)=N/OCC(O)CN2CCCCC2)cn1. The zero-order chi connectivity index (χ0) is 19.8. The van der Waals surface area contributed by atoms with Gasteiger partial charge < -0.3 is 20.2 Å². The zero-order valence-electron chi connectivity index (χ0n) is 16.8. The van der Waals surface area contributed by atoms with Gasteiger partial charge in [0.2, 0.25) is 0 Å². The van der Waals surface area contributed by atoms with Crippen LogP contribution in [0.3, 0.4) is 0 Å². The number of oxime groups is 1. The van der Waals surface area contributed by atoms with Gasteiger partial charge in [-0.1, -0.05) is 29.2 Å². The van der Waals surface area contributed by atoms with Crippen LogP contribution in [0.25, 0.3) is 0 Å². The van der Waals surface area contributed by atoms with Crippen molar-refractivity contribution in [3.63, 3.8) is 0 Å². The monoisotopic (exact) mass is 408 g/mol. The molecule has 0 saturated carbocycles. The van der Waals surface area contributed by atoms with E-state index in [1.54, 1.807) is 0 Å². The third kappa shape index (κ3) is 6.69. The first-order valence-corrected chi connectivity index (χ1v) is 10.9. The van der Waals surface area contributed by atoms with Crippen LogP contribution in [0.5, 0.6) is 0 Å². The van der Waals surface area contributed by atoms with E-state index in [1.807, 2.05) is 19.2 Å². The van der Waals surface area contributed by atoms with Gasteiger partial charge in [0.05, 0.1) is 0 Å². The highest BCUT2D eigenvalue weighted by molar-refractivity contribution is 6.65. The molecule has 2 aliphatic rings. The molecule has 6 nitrogen and oxygen atoms in total. The molecule has 156 valence electrons. The molecular formula is C21H33ClN4O2. The minimum absolute atomic E-state index is 0.121. The van der Waals surface area contributed by atoms with E-state index in [1.165, 1.54) is 24.8 Å². The van der Waals surface area contributed by atoms with Crippen molar-refractivity contribution in [2.45, 2.75) is 45.1 Å². The second kappa shape index (κ2) is 11.1. The molecule has 0 amide bonds. The average Bonchev–Trinajstić information content (AvgIpc) is 2.71. The highest BCUT2D eigenvalue weighted by Crippen LogP contribution is 2.26. The molecule has 3 heterocycles. The molecular weight excluding hydrogens is 376 g/mol. The molecule has 1 aromatic rings. The quantitative estimate of drug-likeness (QED) is 0.511. The molecule has 2 fully saturated rings. The Kier molecular flexibility index (Phi) is 8.52. The summed E-state index contributed by atoms with van der Waals surface area (Å²) in [5, 5.41) is 18.2. The van der Waals surface area contributed by atoms with Gasteiger partial charge in [-0.15, -0.1) is 0 Å². The smallest absolute Gasteiger partial charge is 0.150 e. The molecule has 2 N–H and O–H groups in total. The fourth-order valence-electron chi connectivity index (χ4n) is 4.10. The number of pyridine rings is 1. The standard InChI is InChI=1S/C21H33ClN4O2/c1-16-5-6-17(12-24-16)11-18-7-8-23-13-20(18)21(22)25-28-15-19(27)14-26-9-3-2-4-10-26/h5-6,12,18-20,23,27H,2-4,7-11,13-15H2,1H3/b25-21-. The highest BCUT2D eigenvalue weighted by atomic mass is 35.5. The first-order chi connectivity index (χ1) is 13.6. The number of aliphatic hydroxyl groups is 1. The molecule has 3 atom stereocenters. The van der Waals surface area contributed by atoms with Crippen LogP contribution >= 0.6 is 11.6 Å². The van der Waals surface area contributed by atoms with Crippen molar-refractivity contribution in [1.29, 1.82) is 0 Å². The Morgan fingerprint density at radius 1 is 1.39 bits per heavy atom. The lowest BCUT2D eigenvalue weighted by atomic mass is 9.83. The number of aromatic nitrogens is 1. The molecule has 3 rings (SSSR count). The van der Waals surface area contributed by atoms with Crippen LogP contribution in [-0.4, -0.2) is 65.6 Å². The minimum Gasteiger partial charge on any atom is -0.392 e. The molecule has 0 bridgehead atoms. The van der Waals surface area contributed by atoms with Crippen molar-refractivity contribution in [1.82, 2.24) is 15.2 Å². The average molecular weight is 409 g/mol. The van der Waals surface area contributed by atoms with E-state index in [0.29, 0.717) is 17.6 Å². The first kappa shape index (κ1) is 21.5. The van der Waals surface area contributed by atoms with E-state index in [0.717, 1.165) is 44.7 Å². The van der Waals surface area contributed by atoms with Crippen LogP contribution < -0.4 is 5.32 Å². The molecule has 28 heavy (non-hydrogen) atoms. The van der Waals surface area contributed by atoms with Gasteiger partial charge in [-0.25, -0.2) is 0 Å². The lowest BCUT2D eigenvalue weighted by molar-refractivity contribution is 0.0154. The summed E-state index contributed by atoms with van der Waals surface area (Å²) in [7, 11) is 0. The number of β-amino-alcohol motifs (C(OH)–C–C–N with tert-alkyl or cyclic N) is 1. The maximum Gasteiger partial charge on any atom is 0.150 e. The second-order valence-electron chi connectivity index (χ2n) is 8.10. The minimum atomic E-state index is -0.537. The number of aryl methyl sites for hydroxylation is 1. The van der Waals surface area contributed by atoms with Gasteiger partial charge in [0.1, 0.15) is 17.9 Å². The number of nitrogens with zero attached hydrogens (tertiary/aromatic N) is 3. The molecule has 2 aliphatic heterocycles. The van der Waals surface area contributed by atoms with Crippen LogP contribution in [0.4, 0.5) is 0 Å². The van der Waals surface area contributed by atoms with E-state index in [9.17, 15) is 5.11 Å². The maximum absolute atomic E-state index is 10.2. The van der Waals surface area contributed by atoms with E-state index in [-0.39, 0.29) is 12.5 Å². The number of piperidine rings is 2. The van der Waals surface area contributed by atoms with Crippen molar-refractivity contribution in [3.8, 4) is 0 Å². The molecule has 3 unspecified atom stereocenters. The fourth-order valence-corrected chi connectivity index (χ4v) is 4.41. The Balaban J connectivity index is 1.48. The fraction of sp³-hybridized carbons (Fsp3) is 0.714. The summed E-state index contributed by atoms with van der Waals surface area (Å²) in [6.07, 6.45) is 7.11. The molecule has 7 heteroatoms. The van der Waals surface area contributed by atoms with E-state index < -0.39 is 6.10 Å². The third-order valence-electron chi connectivity index (χ3n) is 5.74. The van der Waals surface area contributed by atoms with Crippen LogP contribution in [0.15, 0.2) is 23.5 Å². The van der Waals surface area contributed by atoms with Gasteiger partial charge in [-0.05, 0) is 69.8 Å². The van der Waals surface area contributed by atoms with Crippen molar-refractivity contribution < 1.29 is 9.94 Å². The van der Waals surface area contributed by atoms with Crippen molar-refractivity contribution in [2.75, 3.05) is 39.3 Å². The molecule has 0 spiro atoms. The Hall–Kier alpha value is -1.21. The predicted octanol–water partition coefficient (Wildman–Crippen LogP) is 2.57. The van der Waals surface area contributed by atoms with E-state index >= 15 is 0 Å². The van der Waals surface area contributed by atoms with Gasteiger partial charge in [-0.2, -0.15) is 0 Å². The number of likely N-dealkylation sites (tertiary alicyclic amines) is 1. The summed E-state index contributed by atoms with van der Waals surface area (Å²) in [6, 6.07) is 4.19. The molecule has 0 radical (unpaired) electrons. The number of nitrogens with one attached hydrogen (secondary N) is 1. The number of aliphatic hydroxyl groups excluding tert-OH is 1.